The third kappa shape index (κ3) is 2.94. The minimum absolute atomic E-state index is 0.182. The van der Waals surface area contributed by atoms with Crippen LogP contribution in [0.4, 0.5) is 0 Å². The van der Waals surface area contributed by atoms with Crippen LogP contribution in [0.1, 0.15) is 40.5 Å². The Kier molecular flexibility index (Phi) is 4.32. The van der Waals surface area contributed by atoms with E-state index in [0.29, 0.717) is 11.8 Å². The Balaban J connectivity index is 2.18. The van der Waals surface area contributed by atoms with E-state index in [1.54, 1.807) is 18.6 Å². The largest absolute Gasteiger partial charge is 0.439 e. The maximum atomic E-state index is 2.37. The molecule has 1 heteroatoms. The van der Waals surface area contributed by atoms with Crippen molar-refractivity contribution in [1.29, 1.82) is 0 Å². The molecule has 2 rings (SSSR count). The SMILES string of the molecule is CC(C)C1=[C]([Mg][C]2=C(C(C)C)C=CC2)CC=C1. The van der Waals surface area contributed by atoms with E-state index < -0.39 is 0 Å². The molecule has 2 aliphatic rings. The van der Waals surface area contributed by atoms with E-state index in [2.05, 4.69) is 52.0 Å². The Morgan fingerprint density at radius 1 is 0.824 bits per heavy atom. The van der Waals surface area contributed by atoms with Gasteiger partial charge in [-0.15, -0.1) is 0 Å². The van der Waals surface area contributed by atoms with Crippen LogP contribution < -0.4 is 0 Å². The third-order valence-corrected chi connectivity index (χ3v) is 6.06. The monoisotopic (exact) mass is 238 g/mol. The van der Waals surface area contributed by atoms with Gasteiger partial charge in [-0.3, -0.25) is 0 Å². The lowest BCUT2D eigenvalue weighted by molar-refractivity contribution is 0.787. The summed E-state index contributed by atoms with van der Waals surface area (Å²) in [5, 5.41) is 0. The molecule has 0 nitrogen and oxygen atoms in total. The Hall–Kier alpha value is -0.274. The molecule has 0 aromatic carbocycles. The topological polar surface area (TPSA) is 0 Å². The molecule has 0 N–H and O–H groups in total. The molecule has 0 spiro atoms. The summed E-state index contributed by atoms with van der Waals surface area (Å²) in [5.74, 6) is 1.41. The van der Waals surface area contributed by atoms with Gasteiger partial charge in [-0.2, -0.15) is 7.40 Å². The van der Waals surface area contributed by atoms with Crippen LogP contribution >= 0.6 is 0 Å². The van der Waals surface area contributed by atoms with E-state index in [9.17, 15) is 0 Å². The summed E-state index contributed by atoms with van der Waals surface area (Å²) in [6.45, 7) is 9.29. The van der Waals surface area contributed by atoms with Gasteiger partial charge in [0.15, 0.2) is 0 Å². The van der Waals surface area contributed by atoms with Gasteiger partial charge >= 0.3 is 20.4 Å². The molecule has 88 valence electrons. The number of hydrogen-bond acceptors (Lipinski definition) is 0. The lowest BCUT2D eigenvalue weighted by atomic mass is 10.1. The molecule has 0 saturated heterocycles. The number of rotatable bonds is 4. The molecule has 0 aromatic heterocycles. The highest BCUT2D eigenvalue weighted by Crippen LogP contribution is 2.30. The van der Waals surface area contributed by atoms with Crippen LogP contribution in [0.5, 0.6) is 0 Å². The Labute approximate surface area is 115 Å². The smallest absolute Gasteiger partial charge is 0.179 e. The minimum atomic E-state index is -0.182. The van der Waals surface area contributed by atoms with Gasteiger partial charge in [0.2, 0.25) is 0 Å². The van der Waals surface area contributed by atoms with Crippen LogP contribution in [0.3, 0.4) is 0 Å². The molecular formula is C16H22Mg. The zero-order valence-electron chi connectivity index (χ0n) is 11.6. The standard InChI is InChI=1S/2C8H11.Mg/c2*1-7(2)8-5-3-4-6-8;/h2*3,5,7H,4H2,1-2H3;. The fourth-order valence-electron chi connectivity index (χ4n) is 2.94. The predicted octanol–water partition coefficient (Wildman–Crippen LogP) is 4.43. The van der Waals surface area contributed by atoms with Crippen LogP contribution in [0.25, 0.3) is 0 Å². The molecule has 0 aliphatic heterocycles. The van der Waals surface area contributed by atoms with Crippen molar-refractivity contribution in [2.75, 3.05) is 0 Å². The summed E-state index contributed by atoms with van der Waals surface area (Å²) in [4.78, 5) is 0. The zero-order valence-corrected chi connectivity index (χ0v) is 13.0. The summed E-state index contributed by atoms with van der Waals surface area (Å²) >= 11 is -0.182. The van der Waals surface area contributed by atoms with Gasteiger partial charge in [0.1, 0.15) is 0 Å². The maximum absolute atomic E-state index is 2.37. The van der Waals surface area contributed by atoms with E-state index in [1.165, 1.54) is 12.8 Å². The van der Waals surface area contributed by atoms with Crippen molar-refractivity contribution in [2.24, 2.45) is 11.8 Å². The zero-order chi connectivity index (χ0) is 12.4. The predicted molar refractivity (Wildman–Crippen MR) is 77.0 cm³/mol. The van der Waals surface area contributed by atoms with Gasteiger partial charge in [0, 0.05) is 0 Å². The van der Waals surface area contributed by atoms with Crippen LogP contribution in [0, 0.1) is 11.8 Å². The van der Waals surface area contributed by atoms with Crippen LogP contribution in [0.2, 0.25) is 0 Å². The van der Waals surface area contributed by atoms with Crippen molar-refractivity contribution in [3.05, 3.63) is 42.9 Å². The molecule has 0 fully saturated rings. The molecule has 0 bridgehead atoms. The molecule has 0 aromatic rings. The fourth-order valence-corrected chi connectivity index (χ4v) is 5.53. The number of hydrogen-bond donors (Lipinski definition) is 0. The molecule has 0 heterocycles. The fraction of sp³-hybridized carbons (Fsp3) is 0.500. The van der Waals surface area contributed by atoms with Gasteiger partial charge in [-0.05, 0) is 24.7 Å². The van der Waals surface area contributed by atoms with Crippen molar-refractivity contribution in [3.8, 4) is 0 Å². The van der Waals surface area contributed by atoms with Crippen molar-refractivity contribution in [2.45, 2.75) is 40.5 Å². The second-order valence-corrected chi connectivity index (χ2v) is 7.88. The quantitative estimate of drug-likeness (QED) is 0.636. The molecular weight excluding hydrogens is 216 g/mol. The number of allylic oxidation sites excluding steroid dienone is 8. The van der Waals surface area contributed by atoms with E-state index >= 15 is 0 Å². The molecule has 0 radical (unpaired) electrons. The molecule has 2 aliphatic carbocycles. The summed E-state index contributed by atoms with van der Waals surface area (Å²) in [7, 11) is 0. The Morgan fingerprint density at radius 3 is 1.59 bits per heavy atom. The maximum Gasteiger partial charge on any atom is 0.439 e. The Morgan fingerprint density at radius 2 is 1.24 bits per heavy atom. The second-order valence-electron chi connectivity index (χ2n) is 5.82. The second kappa shape index (κ2) is 5.58. The van der Waals surface area contributed by atoms with Gasteiger partial charge in [0.25, 0.3) is 0 Å². The Bertz CT molecular complexity index is 377. The third-order valence-electron chi connectivity index (χ3n) is 3.81. The van der Waals surface area contributed by atoms with Crippen LogP contribution in [0.15, 0.2) is 42.9 Å². The average molecular weight is 239 g/mol. The minimum Gasteiger partial charge on any atom is -0.179 e. The lowest BCUT2D eigenvalue weighted by Crippen LogP contribution is -2.06. The van der Waals surface area contributed by atoms with Crippen molar-refractivity contribution in [3.63, 3.8) is 0 Å². The van der Waals surface area contributed by atoms with Gasteiger partial charge in [-0.25, -0.2) is 0 Å². The molecule has 0 saturated carbocycles. The normalized spacial score (nSPS) is 19.2. The first kappa shape index (κ1) is 13.2. The lowest BCUT2D eigenvalue weighted by Gasteiger charge is -2.14. The average Bonchev–Trinajstić information content (AvgIpc) is 2.86. The van der Waals surface area contributed by atoms with E-state index in [-0.39, 0.29) is 20.4 Å². The van der Waals surface area contributed by atoms with Gasteiger partial charge in [-0.1, -0.05) is 63.1 Å². The highest BCUT2D eigenvalue weighted by atomic mass is 24.5. The van der Waals surface area contributed by atoms with E-state index in [1.807, 2.05) is 0 Å². The summed E-state index contributed by atoms with van der Waals surface area (Å²) in [6.07, 6.45) is 11.9. The molecule has 0 unspecified atom stereocenters. The van der Waals surface area contributed by atoms with Crippen LogP contribution in [-0.2, 0) is 0 Å². The molecule has 0 amide bonds. The first-order valence-corrected chi connectivity index (χ1v) is 8.28. The van der Waals surface area contributed by atoms with Crippen molar-refractivity contribution >= 4 is 20.4 Å². The van der Waals surface area contributed by atoms with Crippen molar-refractivity contribution < 1.29 is 0 Å². The first-order chi connectivity index (χ1) is 8.09. The summed E-state index contributed by atoms with van der Waals surface area (Å²) < 4.78 is 3.58. The summed E-state index contributed by atoms with van der Waals surface area (Å²) in [6, 6.07) is 0. The van der Waals surface area contributed by atoms with Gasteiger partial charge < -0.3 is 0 Å². The van der Waals surface area contributed by atoms with Crippen LogP contribution in [-0.4, -0.2) is 20.4 Å². The summed E-state index contributed by atoms with van der Waals surface area (Å²) in [5.41, 5.74) is 3.28. The molecule has 0 atom stereocenters. The van der Waals surface area contributed by atoms with Crippen molar-refractivity contribution in [1.82, 2.24) is 0 Å². The first-order valence-electron chi connectivity index (χ1n) is 6.86. The van der Waals surface area contributed by atoms with E-state index in [0.717, 1.165) is 0 Å². The highest BCUT2D eigenvalue weighted by molar-refractivity contribution is 6.54. The van der Waals surface area contributed by atoms with E-state index in [4.69, 9.17) is 0 Å². The highest BCUT2D eigenvalue weighted by Gasteiger charge is 2.19. The molecule has 17 heavy (non-hydrogen) atoms. The van der Waals surface area contributed by atoms with Gasteiger partial charge in [0.05, 0.1) is 0 Å².